The van der Waals surface area contributed by atoms with Crippen molar-refractivity contribution in [1.29, 1.82) is 0 Å². The standard InChI is InChI=1S/C43H78O12S/c1-3-5-7-9-11-13-15-16-17-18-19-20-22-24-26-28-30-32-39(45)54-36(33-52-38(44)31-29-27-25-23-21-14-12-10-8-6-4-2)34-53-43-42(48)41(47)40(46)37(55-43)35-56(49,50)51/h10,12,16-17,36-37,40-43,46-48H,3-9,11,13-15,18-35H2,1-2H3,(H,49,50,51)/b12-10+,17-16+/t36-,37-,40-,41?,42?,43+/m1/s1. The predicted octanol–water partition coefficient (Wildman–Crippen LogP) is 8.45. The molecule has 2 unspecified atom stereocenters. The molecule has 13 heteroatoms. The average Bonchev–Trinajstić information content (AvgIpc) is 3.16. The Kier molecular flexibility index (Phi) is 31.7. The number of ether oxygens (including phenoxy) is 4. The van der Waals surface area contributed by atoms with Crippen molar-refractivity contribution in [3.8, 4) is 0 Å². The first kappa shape index (κ1) is 52.1. The lowest BCUT2D eigenvalue weighted by molar-refractivity contribution is -0.297. The molecule has 1 heterocycles. The van der Waals surface area contributed by atoms with E-state index in [4.69, 9.17) is 18.9 Å². The van der Waals surface area contributed by atoms with Crippen LogP contribution in [-0.4, -0.2) is 96.0 Å². The number of rotatable bonds is 36. The topological polar surface area (TPSA) is 186 Å². The normalized spacial score (nSPS) is 20.9. The van der Waals surface area contributed by atoms with E-state index < -0.39 is 71.2 Å². The number of carbonyl (C=O) groups excluding carboxylic acids is 2. The number of hydrogen-bond acceptors (Lipinski definition) is 11. The van der Waals surface area contributed by atoms with Gasteiger partial charge in [-0.05, 0) is 57.8 Å². The molecule has 1 rings (SSSR count). The molecular weight excluding hydrogens is 741 g/mol. The fourth-order valence-electron chi connectivity index (χ4n) is 6.53. The molecule has 0 radical (unpaired) electrons. The van der Waals surface area contributed by atoms with Crippen molar-refractivity contribution in [2.24, 2.45) is 0 Å². The second-order valence-electron chi connectivity index (χ2n) is 15.4. The van der Waals surface area contributed by atoms with Crippen LogP contribution in [0.15, 0.2) is 24.3 Å². The molecule has 1 aliphatic heterocycles. The van der Waals surface area contributed by atoms with Gasteiger partial charge in [-0.15, -0.1) is 0 Å². The van der Waals surface area contributed by atoms with Crippen molar-refractivity contribution in [2.45, 2.75) is 218 Å². The highest BCUT2D eigenvalue weighted by Crippen LogP contribution is 2.24. The van der Waals surface area contributed by atoms with Gasteiger partial charge in [-0.3, -0.25) is 14.1 Å². The summed E-state index contributed by atoms with van der Waals surface area (Å²) in [5.41, 5.74) is 0. The molecule has 12 nitrogen and oxygen atoms in total. The van der Waals surface area contributed by atoms with Crippen molar-refractivity contribution in [1.82, 2.24) is 0 Å². The molecule has 0 aromatic heterocycles. The lowest BCUT2D eigenvalue weighted by atomic mass is 10.00. The molecule has 0 bridgehead atoms. The van der Waals surface area contributed by atoms with Crippen molar-refractivity contribution in [3.63, 3.8) is 0 Å². The van der Waals surface area contributed by atoms with Crippen molar-refractivity contribution < 1.29 is 56.8 Å². The Morgan fingerprint density at radius 1 is 0.589 bits per heavy atom. The summed E-state index contributed by atoms with van der Waals surface area (Å²) in [6.45, 7) is 3.70. The van der Waals surface area contributed by atoms with E-state index in [0.29, 0.717) is 12.8 Å². The highest BCUT2D eigenvalue weighted by atomic mass is 32.2. The van der Waals surface area contributed by atoms with Crippen LogP contribution in [0, 0.1) is 0 Å². The molecule has 0 spiro atoms. The highest BCUT2D eigenvalue weighted by Gasteiger charge is 2.46. The van der Waals surface area contributed by atoms with Crippen LogP contribution < -0.4 is 0 Å². The first-order valence-corrected chi connectivity index (χ1v) is 23.5. The third kappa shape index (κ3) is 28.5. The van der Waals surface area contributed by atoms with Crippen LogP contribution in [0.5, 0.6) is 0 Å². The molecule has 1 aliphatic rings. The van der Waals surface area contributed by atoms with Gasteiger partial charge in [0, 0.05) is 12.8 Å². The van der Waals surface area contributed by atoms with Crippen LogP contribution in [0.25, 0.3) is 0 Å². The number of unbranched alkanes of at least 4 members (excludes halogenated alkanes) is 20. The fraction of sp³-hybridized carbons (Fsp3) is 0.860. The number of allylic oxidation sites excluding steroid dienone is 4. The molecule has 0 amide bonds. The summed E-state index contributed by atoms with van der Waals surface area (Å²) >= 11 is 0. The van der Waals surface area contributed by atoms with E-state index in [1.54, 1.807) is 0 Å². The van der Waals surface area contributed by atoms with Gasteiger partial charge in [-0.1, -0.05) is 134 Å². The van der Waals surface area contributed by atoms with E-state index in [1.807, 2.05) is 0 Å². The Labute approximate surface area is 338 Å². The molecule has 0 aromatic carbocycles. The second kappa shape index (κ2) is 34.0. The Balaban J connectivity index is 2.46. The first-order valence-electron chi connectivity index (χ1n) is 21.9. The smallest absolute Gasteiger partial charge is 0.306 e. The zero-order valence-corrected chi connectivity index (χ0v) is 35.6. The Morgan fingerprint density at radius 2 is 1.04 bits per heavy atom. The summed E-state index contributed by atoms with van der Waals surface area (Å²) in [6.07, 6.45) is 26.6. The van der Waals surface area contributed by atoms with Crippen molar-refractivity contribution >= 4 is 22.1 Å². The summed E-state index contributed by atoms with van der Waals surface area (Å²) in [6, 6.07) is 0. The van der Waals surface area contributed by atoms with Crippen LogP contribution in [0.2, 0.25) is 0 Å². The average molecular weight is 819 g/mol. The van der Waals surface area contributed by atoms with Crippen LogP contribution in [0.3, 0.4) is 0 Å². The van der Waals surface area contributed by atoms with E-state index in [-0.39, 0.29) is 19.4 Å². The number of aliphatic hydroxyl groups is 3. The molecule has 1 saturated heterocycles. The summed E-state index contributed by atoms with van der Waals surface area (Å²) in [5, 5.41) is 30.8. The molecule has 4 N–H and O–H groups in total. The SMILES string of the molecule is CCCC/C=C/CCCCCCCC(=O)OC[C@H](CO[C@H]1O[C@H](CS(=O)(=O)O)[C@@H](O)C(O)C1O)OC(=O)CCCCCCCCC/C=C/CCCCCCCC. The van der Waals surface area contributed by atoms with E-state index in [2.05, 4.69) is 38.2 Å². The third-order valence-electron chi connectivity index (χ3n) is 10.0. The summed E-state index contributed by atoms with van der Waals surface area (Å²) < 4.78 is 53.9. The largest absolute Gasteiger partial charge is 0.462 e. The number of aliphatic hydroxyl groups excluding tert-OH is 3. The minimum absolute atomic E-state index is 0.159. The molecule has 56 heavy (non-hydrogen) atoms. The van der Waals surface area contributed by atoms with Gasteiger partial charge in [-0.2, -0.15) is 8.42 Å². The zero-order chi connectivity index (χ0) is 41.3. The molecular formula is C43H78O12S. The van der Waals surface area contributed by atoms with Gasteiger partial charge < -0.3 is 34.3 Å². The van der Waals surface area contributed by atoms with Crippen LogP contribution in [-0.2, 0) is 38.7 Å². The zero-order valence-electron chi connectivity index (χ0n) is 34.7. The molecule has 1 fully saturated rings. The van der Waals surface area contributed by atoms with Crippen LogP contribution in [0.1, 0.15) is 181 Å². The maximum atomic E-state index is 12.8. The van der Waals surface area contributed by atoms with Gasteiger partial charge in [-0.25, -0.2) is 0 Å². The van der Waals surface area contributed by atoms with E-state index in [1.165, 1.54) is 70.6 Å². The number of esters is 2. The molecule has 328 valence electrons. The summed E-state index contributed by atoms with van der Waals surface area (Å²) in [4.78, 5) is 25.3. The van der Waals surface area contributed by atoms with Gasteiger partial charge in [0.15, 0.2) is 12.4 Å². The Morgan fingerprint density at radius 3 is 1.54 bits per heavy atom. The lowest BCUT2D eigenvalue weighted by Crippen LogP contribution is -2.60. The van der Waals surface area contributed by atoms with Gasteiger partial charge in [0.25, 0.3) is 10.1 Å². The predicted molar refractivity (Wildman–Crippen MR) is 220 cm³/mol. The van der Waals surface area contributed by atoms with Crippen LogP contribution >= 0.6 is 0 Å². The summed E-state index contributed by atoms with van der Waals surface area (Å²) in [5.74, 6) is -2.00. The van der Waals surface area contributed by atoms with Gasteiger partial charge in [0.2, 0.25) is 0 Å². The molecule has 0 saturated carbocycles. The van der Waals surface area contributed by atoms with E-state index >= 15 is 0 Å². The second-order valence-corrected chi connectivity index (χ2v) is 16.9. The van der Waals surface area contributed by atoms with Crippen molar-refractivity contribution in [2.75, 3.05) is 19.0 Å². The Bertz CT molecular complexity index is 1140. The lowest BCUT2D eigenvalue weighted by Gasteiger charge is -2.40. The maximum absolute atomic E-state index is 12.8. The first-order chi connectivity index (χ1) is 27.0. The Hall–Kier alpha value is -1.87. The molecule has 0 aromatic rings. The van der Waals surface area contributed by atoms with Crippen LogP contribution in [0.4, 0.5) is 0 Å². The van der Waals surface area contributed by atoms with Crippen molar-refractivity contribution in [3.05, 3.63) is 24.3 Å². The highest BCUT2D eigenvalue weighted by molar-refractivity contribution is 7.85. The summed E-state index contributed by atoms with van der Waals surface area (Å²) in [7, 11) is -4.60. The third-order valence-corrected chi connectivity index (χ3v) is 10.8. The molecule has 6 atom stereocenters. The minimum atomic E-state index is -4.60. The number of carbonyl (C=O) groups is 2. The minimum Gasteiger partial charge on any atom is -0.462 e. The molecule has 0 aliphatic carbocycles. The van der Waals surface area contributed by atoms with Gasteiger partial charge in [0.05, 0.1) is 6.61 Å². The van der Waals surface area contributed by atoms with E-state index in [9.17, 15) is 37.9 Å². The maximum Gasteiger partial charge on any atom is 0.306 e. The van der Waals surface area contributed by atoms with Gasteiger partial charge in [0.1, 0.15) is 36.8 Å². The monoisotopic (exact) mass is 819 g/mol. The quantitative estimate of drug-likeness (QED) is 0.0205. The van der Waals surface area contributed by atoms with E-state index in [0.717, 1.165) is 70.6 Å². The number of hydrogen-bond donors (Lipinski definition) is 4. The van der Waals surface area contributed by atoms with Gasteiger partial charge >= 0.3 is 11.9 Å². The fourth-order valence-corrected chi connectivity index (χ4v) is 7.22.